The molecule has 0 saturated carbocycles. The van der Waals surface area contributed by atoms with Crippen LogP contribution in [0.2, 0.25) is 0 Å². The van der Waals surface area contributed by atoms with Crippen LogP contribution in [0.1, 0.15) is 43.5 Å². The smallest absolute Gasteiger partial charge is 0.251 e. The molecule has 106 valence electrons. The molecule has 3 nitrogen and oxygen atoms in total. The number of hydrogen-bond acceptors (Lipinski definition) is 2. The molecule has 0 aliphatic heterocycles. The lowest BCUT2D eigenvalue weighted by molar-refractivity contribution is 0.0954. The molecule has 0 fully saturated rings. The first kappa shape index (κ1) is 16.0. The van der Waals surface area contributed by atoms with Gasteiger partial charge in [0.1, 0.15) is 5.75 Å². The zero-order valence-electron chi connectivity index (χ0n) is 11.6. The van der Waals surface area contributed by atoms with Crippen LogP contribution in [-0.2, 0) is 0 Å². The Kier molecular flexibility index (Phi) is 7.56. The second-order valence-electron chi connectivity index (χ2n) is 4.44. The molecule has 19 heavy (non-hydrogen) atoms. The lowest BCUT2D eigenvalue weighted by Crippen LogP contribution is -2.29. The second kappa shape index (κ2) is 8.97. The van der Waals surface area contributed by atoms with Gasteiger partial charge in [-0.1, -0.05) is 36.2 Å². The van der Waals surface area contributed by atoms with Crippen LogP contribution in [0.4, 0.5) is 0 Å². The maximum atomic E-state index is 11.9. The fraction of sp³-hybridized carbons (Fsp3) is 0.533. The van der Waals surface area contributed by atoms with Crippen molar-refractivity contribution < 1.29 is 9.53 Å². The van der Waals surface area contributed by atoms with Crippen LogP contribution in [-0.4, -0.2) is 23.9 Å². The van der Waals surface area contributed by atoms with Crippen molar-refractivity contribution >= 4 is 21.8 Å². The fourth-order valence-corrected chi connectivity index (χ4v) is 1.65. The molecule has 1 N–H and O–H groups in total. The SMILES string of the molecule is CCCCOc1ccc(C(=O)NCC(Br)CC)cc1. The Labute approximate surface area is 123 Å². The van der Waals surface area contributed by atoms with E-state index in [4.69, 9.17) is 4.74 Å². The number of unbranched alkanes of at least 4 members (excludes halogenated alkanes) is 1. The van der Waals surface area contributed by atoms with Crippen molar-refractivity contribution in [1.29, 1.82) is 0 Å². The van der Waals surface area contributed by atoms with E-state index in [1.165, 1.54) is 0 Å². The van der Waals surface area contributed by atoms with E-state index in [-0.39, 0.29) is 5.91 Å². The van der Waals surface area contributed by atoms with Gasteiger partial charge in [0, 0.05) is 16.9 Å². The predicted octanol–water partition coefficient (Wildman–Crippen LogP) is 3.77. The van der Waals surface area contributed by atoms with Crippen molar-refractivity contribution in [2.75, 3.05) is 13.2 Å². The van der Waals surface area contributed by atoms with Gasteiger partial charge in [-0.3, -0.25) is 4.79 Å². The first-order valence-electron chi connectivity index (χ1n) is 6.82. The van der Waals surface area contributed by atoms with E-state index in [0.29, 0.717) is 16.9 Å². The molecule has 0 radical (unpaired) electrons. The van der Waals surface area contributed by atoms with E-state index in [1.54, 1.807) is 12.1 Å². The highest BCUT2D eigenvalue weighted by atomic mass is 79.9. The average molecular weight is 328 g/mol. The Balaban J connectivity index is 2.44. The molecule has 0 aromatic heterocycles. The molecule has 1 aromatic carbocycles. The molecule has 0 spiro atoms. The molecule has 0 heterocycles. The molecule has 0 bridgehead atoms. The highest BCUT2D eigenvalue weighted by Crippen LogP contribution is 2.13. The third kappa shape index (κ3) is 6.10. The normalized spacial score (nSPS) is 11.9. The van der Waals surface area contributed by atoms with Crippen LogP contribution in [0.15, 0.2) is 24.3 Å². The summed E-state index contributed by atoms with van der Waals surface area (Å²) >= 11 is 3.49. The van der Waals surface area contributed by atoms with Crippen LogP contribution in [0.3, 0.4) is 0 Å². The van der Waals surface area contributed by atoms with E-state index in [2.05, 4.69) is 35.1 Å². The van der Waals surface area contributed by atoms with Gasteiger partial charge < -0.3 is 10.1 Å². The monoisotopic (exact) mass is 327 g/mol. The summed E-state index contributed by atoms with van der Waals surface area (Å²) in [6, 6.07) is 7.28. The summed E-state index contributed by atoms with van der Waals surface area (Å²) < 4.78 is 5.56. The number of carbonyl (C=O) groups excluding carboxylic acids is 1. The van der Waals surface area contributed by atoms with Crippen molar-refractivity contribution in [3.63, 3.8) is 0 Å². The fourth-order valence-electron chi connectivity index (χ4n) is 1.49. The lowest BCUT2D eigenvalue weighted by atomic mass is 10.2. The molecular formula is C15H22BrNO2. The van der Waals surface area contributed by atoms with Crippen LogP contribution < -0.4 is 10.1 Å². The lowest BCUT2D eigenvalue weighted by Gasteiger charge is -2.09. The molecule has 1 unspecified atom stereocenters. The Morgan fingerprint density at radius 3 is 2.58 bits per heavy atom. The number of rotatable bonds is 8. The second-order valence-corrected chi connectivity index (χ2v) is 5.74. The summed E-state index contributed by atoms with van der Waals surface area (Å²) in [5.74, 6) is 0.773. The minimum Gasteiger partial charge on any atom is -0.494 e. The zero-order chi connectivity index (χ0) is 14.1. The minimum atomic E-state index is -0.0435. The van der Waals surface area contributed by atoms with E-state index >= 15 is 0 Å². The van der Waals surface area contributed by atoms with Crippen molar-refractivity contribution in [3.05, 3.63) is 29.8 Å². The third-order valence-electron chi connectivity index (χ3n) is 2.81. The van der Waals surface area contributed by atoms with Gasteiger partial charge in [-0.25, -0.2) is 0 Å². The van der Waals surface area contributed by atoms with E-state index in [1.807, 2.05) is 12.1 Å². The molecule has 0 aliphatic rings. The summed E-state index contributed by atoms with van der Waals surface area (Å²) in [5.41, 5.74) is 0.665. The van der Waals surface area contributed by atoms with Crippen molar-refractivity contribution in [2.45, 2.75) is 37.9 Å². The van der Waals surface area contributed by atoms with Crippen LogP contribution in [0.5, 0.6) is 5.75 Å². The number of nitrogens with one attached hydrogen (secondary N) is 1. The number of ether oxygens (including phenoxy) is 1. The van der Waals surface area contributed by atoms with Crippen LogP contribution in [0.25, 0.3) is 0 Å². The summed E-state index contributed by atoms with van der Waals surface area (Å²) in [4.78, 5) is 12.2. The van der Waals surface area contributed by atoms with Gasteiger partial charge in [0.15, 0.2) is 0 Å². The number of carbonyl (C=O) groups is 1. The highest BCUT2D eigenvalue weighted by molar-refractivity contribution is 9.09. The van der Waals surface area contributed by atoms with E-state index in [0.717, 1.165) is 31.6 Å². The van der Waals surface area contributed by atoms with Gasteiger partial charge in [0.2, 0.25) is 0 Å². The topological polar surface area (TPSA) is 38.3 Å². The van der Waals surface area contributed by atoms with Gasteiger partial charge in [-0.05, 0) is 37.1 Å². The van der Waals surface area contributed by atoms with Gasteiger partial charge in [-0.15, -0.1) is 0 Å². The summed E-state index contributed by atoms with van der Waals surface area (Å²) in [5, 5.41) is 2.89. The first-order chi connectivity index (χ1) is 9.17. The van der Waals surface area contributed by atoms with Crippen molar-refractivity contribution in [1.82, 2.24) is 5.32 Å². The van der Waals surface area contributed by atoms with Crippen LogP contribution in [0, 0.1) is 0 Å². The quantitative estimate of drug-likeness (QED) is 0.583. The molecule has 1 atom stereocenters. The first-order valence-corrected chi connectivity index (χ1v) is 7.74. The van der Waals surface area contributed by atoms with Gasteiger partial charge >= 0.3 is 0 Å². The predicted molar refractivity (Wildman–Crippen MR) is 82.2 cm³/mol. The number of amides is 1. The maximum Gasteiger partial charge on any atom is 0.251 e. The number of halogens is 1. The Hall–Kier alpha value is -1.03. The number of benzene rings is 1. The largest absolute Gasteiger partial charge is 0.494 e. The summed E-state index contributed by atoms with van der Waals surface area (Å²) in [6.45, 7) is 5.58. The Morgan fingerprint density at radius 2 is 2.00 bits per heavy atom. The van der Waals surface area contributed by atoms with E-state index < -0.39 is 0 Å². The third-order valence-corrected chi connectivity index (χ3v) is 3.78. The van der Waals surface area contributed by atoms with Gasteiger partial charge in [-0.2, -0.15) is 0 Å². The molecule has 1 amide bonds. The van der Waals surface area contributed by atoms with Crippen LogP contribution >= 0.6 is 15.9 Å². The van der Waals surface area contributed by atoms with E-state index in [9.17, 15) is 4.79 Å². The molecular weight excluding hydrogens is 306 g/mol. The van der Waals surface area contributed by atoms with Gasteiger partial charge in [0.05, 0.1) is 6.61 Å². The minimum absolute atomic E-state index is 0.0435. The summed E-state index contributed by atoms with van der Waals surface area (Å²) in [7, 11) is 0. The van der Waals surface area contributed by atoms with Crippen molar-refractivity contribution in [3.8, 4) is 5.75 Å². The number of alkyl halides is 1. The zero-order valence-corrected chi connectivity index (χ0v) is 13.2. The molecule has 4 heteroatoms. The van der Waals surface area contributed by atoms with Crippen molar-refractivity contribution in [2.24, 2.45) is 0 Å². The molecule has 0 aliphatic carbocycles. The average Bonchev–Trinajstić information content (AvgIpc) is 2.45. The Morgan fingerprint density at radius 1 is 1.32 bits per heavy atom. The number of hydrogen-bond donors (Lipinski definition) is 1. The summed E-state index contributed by atoms with van der Waals surface area (Å²) in [6.07, 6.45) is 3.15. The van der Waals surface area contributed by atoms with Gasteiger partial charge in [0.25, 0.3) is 5.91 Å². The maximum absolute atomic E-state index is 11.9. The molecule has 0 saturated heterocycles. The Bertz CT molecular complexity index is 378. The molecule has 1 aromatic rings. The highest BCUT2D eigenvalue weighted by Gasteiger charge is 2.07. The standard InChI is InChI=1S/C15H22BrNO2/c1-3-5-10-19-14-8-6-12(7-9-14)15(18)17-11-13(16)4-2/h6-9,13H,3-5,10-11H2,1-2H3,(H,17,18). The molecule has 1 rings (SSSR count).